The van der Waals surface area contributed by atoms with Gasteiger partial charge in [0.2, 0.25) is 0 Å². The molecule has 2 N–H and O–H groups in total. The van der Waals surface area contributed by atoms with E-state index in [1.54, 1.807) is 0 Å². The molecule has 5 heteroatoms. The lowest BCUT2D eigenvalue weighted by Crippen LogP contribution is -2.41. The third kappa shape index (κ3) is 6.02. The summed E-state index contributed by atoms with van der Waals surface area (Å²) in [5, 5.41) is 9.35. The average Bonchev–Trinajstić information content (AvgIpc) is 2.52. The lowest BCUT2D eigenvalue weighted by molar-refractivity contribution is -0.757. The summed E-state index contributed by atoms with van der Waals surface area (Å²) in [5.74, 6) is 0.351. The van der Waals surface area contributed by atoms with Crippen LogP contribution in [0.4, 0.5) is 0 Å². The number of hydrogen-bond acceptors (Lipinski definition) is 4. The molecule has 0 saturated carbocycles. The van der Waals surface area contributed by atoms with E-state index in [1.807, 2.05) is 12.1 Å². The summed E-state index contributed by atoms with van der Waals surface area (Å²) in [5.41, 5.74) is 8.55. The first-order valence-electron chi connectivity index (χ1n) is 8.18. The topological polar surface area (TPSA) is 78.4 Å². The lowest BCUT2D eigenvalue weighted by atomic mass is 9.76. The van der Waals surface area contributed by atoms with Gasteiger partial charge < -0.3 is 10.6 Å². The van der Waals surface area contributed by atoms with Crippen molar-refractivity contribution in [1.82, 2.24) is 0 Å². The van der Waals surface area contributed by atoms with Crippen LogP contribution in [0.3, 0.4) is 0 Å². The van der Waals surface area contributed by atoms with Crippen molar-refractivity contribution in [2.24, 2.45) is 11.7 Å². The van der Waals surface area contributed by atoms with Gasteiger partial charge in [0.1, 0.15) is 0 Å². The molecule has 0 heterocycles. The molecule has 0 spiro atoms. The molecule has 23 heavy (non-hydrogen) atoms. The molecule has 1 rings (SSSR count). The van der Waals surface area contributed by atoms with Gasteiger partial charge >= 0.3 is 0 Å². The summed E-state index contributed by atoms with van der Waals surface area (Å²) >= 11 is 0. The van der Waals surface area contributed by atoms with Gasteiger partial charge in [0, 0.05) is 5.54 Å². The summed E-state index contributed by atoms with van der Waals surface area (Å²) in [6.45, 7) is 8.21. The average molecular weight is 320 g/mol. The van der Waals surface area contributed by atoms with Crippen molar-refractivity contribution in [3.05, 3.63) is 58.2 Å². The van der Waals surface area contributed by atoms with E-state index in [-0.39, 0.29) is 6.61 Å². The quantitative estimate of drug-likeness (QED) is 0.289. The number of allylic oxidation sites excluding steroid dienone is 1. The molecular weight excluding hydrogens is 292 g/mol. The monoisotopic (exact) mass is 320 g/mol. The van der Waals surface area contributed by atoms with Gasteiger partial charge in [-0.05, 0) is 49.7 Å². The highest BCUT2D eigenvalue weighted by molar-refractivity contribution is 5.30. The number of nitrogens with zero attached hydrogens (tertiary/aromatic N) is 1. The van der Waals surface area contributed by atoms with Gasteiger partial charge in [-0.1, -0.05) is 43.7 Å². The van der Waals surface area contributed by atoms with Crippen LogP contribution >= 0.6 is 0 Å². The highest BCUT2D eigenvalue weighted by Gasteiger charge is 2.29. The van der Waals surface area contributed by atoms with E-state index in [4.69, 9.17) is 5.73 Å². The smallest absolute Gasteiger partial charge is 0.294 e. The number of aryl methyl sites for hydroxylation is 1. The fourth-order valence-corrected chi connectivity index (χ4v) is 2.90. The minimum absolute atomic E-state index is 0.151. The third-order valence-corrected chi connectivity index (χ3v) is 4.40. The Kier molecular flexibility index (Phi) is 7.75. The summed E-state index contributed by atoms with van der Waals surface area (Å²) < 4.78 is 0. The first kappa shape index (κ1) is 19.2. The molecule has 1 aromatic rings. The van der Waals surface area contributed by atoms with Gasteiger partial charge in [-0.3, -0.25) is 0 Å². The maximum atomic E-state index is 10.1. The van der Waals surface area contributed by atoms with Crippen molar-refractivity contribution >= 4 is 0 Å². The van der Waals surface area contributed by atoms with Gasteiger partial charge in [-0.2, -0.15) is 0 Å². The second kappa shape index (κ2) is 9.30. The van der Waals surface area contributed by atoms with E-state index in [2.05, 4.69) is 43.5 Å². The Morgan fingerprint density at radius 2 is 2.22 bits per heavy atom. The summed E-state index contributed by atoms with van der Waals surface area (Å²) in [7, 11) is 0. The van der Waals surface area contributed by atoms with Crippen LogP contribution in [0.2, 0.25) is 0 Å². The van der Waals surface area contributed by atoms with Crippen molar-refractivity contribution < 1.29 is 9.92 Å². The SMILES string of the molecule is C=CCC(CC)C(C)(N)c1cccc(CCCCO[N+](=O)[O-])c1. The number of nitrogens with two attached hydrogens (primary N) is 1. The lowest BCUT2D eigenvalue weighted by Gasteiger charge is -2.34. The van der Waals surface area contributed by atoms with Crippen molar-refractivity contribution in [1.29, 1.82) is 0 Å². The van der Waals surface area contributed by atoms with Gasteiger partial charge in [0.05, 0.1) is 6.61 Å². The zero-order valence-electron chi connectivity index (χ0n) is 14.2. The first-order valence-corrected chi connectivity index (χ1v) is 8.18. The molecule has 0 radical (unpaired) electrons. The van der Waals surface area contributed by atoms with E-state index in [0.29, 0.717) is 12.3 Å². The molecule has 128 valence electrons. The normalized spacial score (nSPS) is 14.7. The second-order valence-corrected chi connectivity index (χ2v) is 6.13. The first-order chi connectivity index (χ1) is 10.9. The highest BCUT2D eigenvalue weighted by atomic mass is 16.9. The maximum Gasteiger partial charge on any atom is 0.294 e. The van der Waals surface area contributed by atoms with Crippen molar-refractivity contribution in [3.8, 4) is 0 Å². The molecule has 0 aromatic heterocycles. The van der Waals surface area contributed by atoms with Crippen molar-refractivity contribution in [3.63, 3.8) is 0 Å². The number of hydrogen-bond donors (Lipinski definition) is 1. The number of rotatable bonds is 11. The van der Waals surface area contributed by atoms with Gasteiger partial charge in [0.15, 0.2) is 0 Å². The van der Waals surface area contributed by atoms with Gasteiger partial charge in [-0.25, -0.2) is 0 Å². The van der Waals surface area contributed by atoms with E-state index in [0.717, 1.165) is 31.2 Å². The van der Waals surface area contributed by atoms with Crippen LogP contribution in [0.25, 0.3) is 0 Å². The molecule has 0 aliphatic heterocycles. The van der Waals surface area contributed by atoms with E-state index in [1.165, 1.54) is 5.56 Å². The third-order valence-electron chi connectivity index (χ3n) is 4.40. The molecule has 1 aromatic carbocycles. The fraction of sp³-hybridized carbons (Fsp3) is 0.556. The largest absolute Gasteiger partial charge is 0.321 e. The van der Waals surface area contributed by atoms with E-state index < -0.39 is 10.6 Å². The molecule has 0 saturated heterocycles. The van der Waals surface area contributed by atoms with Crippen LogP contribution in [0.1, 0.15) is 50.7 Å². The molecule has 0 fully saturated rings. The van der Waals surface area contributed by atoms with Crippen LogP contribution < -0.4 is 5.73 Å². The van der Waals surface area contributed by atoms with Crippen LogP contribution in [0.5, 0.6) is 0 Å². The van der Waals surface area contributed by atoms with E-state index in [9.17, 15) is 10.1 Å². The highest BCUT2D eigenvalue weighted by Crippen LogP contribution is 2.32. The number of unbranched alkanes of at least 4 members (excludes halogenated alkanes) is 1. The minimum atomic E-state index is -0.745. The van der Waals surface area contributed by atoms with Crippen LogP contribution in [-0.2, 0) is 16.8 Å². The summed E-state index contributed by atoms with van der Waals surface area (Å²) in [6.07, 6.45) is 6.21. The number of benzene rings is 1. The zero-order chi connectivity index (χ0) is 17.3. The summed E-state index contributed by atoms with van der Waals surface area (Å²) in [6, 6.07) is 8.33. The van der Waals surface area contributed by atoms with Crippen LogP contribution in [-0.4, -0.2) is 11.7 Å². The summed E-state index contributed by atoms with van der Waals surface area (Å²) in [4.78, 5) is 14.4. The van der Waals surface area contributed by atoms with Gasteiger partial charge in [-0.15, -0.1) is 16.7 Å². The maximum absolute atomic E-state index is 10.1. The Morgan fingerprint density at radius 1 is 1.48 bits per heavy atom. The fourth-order valence-electron chi connectivity index (χ4n) is 2.90. The molecule has 2 unspecified atom stereocenters. The molecule has 0 amide bonds. The standard InChI is InChI=1S/C18H28N2O3/c1-4-9-16(5-2)18(3,19)17-12-8-11-15(14-17)10-6-7-13-23-20(21)22/h4,8,11-12,14,16H,1,5-7,9-10,13,19H2,2-3H3. The predicted molar refractivity (Wildman–Crippen MR) is 92.5 cm³/mol. The Hall–Kier alpha value is -1.88. The predicted octanol–water partition coefficient (Wildman–Crippen LogP) is 3.99. The van der Waals surface area contributed by atoms with E-state index >= 15 is 0 Å². The van der Waals surface area contributed by atoms with Crippen molar-refractivity contribution in [2.45, 2.75) is 51.5 Å². The Morgan fingerprint density at radius 3 is 2.83 bits per heavy atom. The molecule has 2 atom stereocenters. The molecule has 5 nitrogen and oxygen atoms in total. The van der Waals surface area contributed by atoms with Gasteiger partial charge in [0.25, 0.3) is 5.09 Å². The Labute approximate surface area is 138 Å². The van der Waals surface area contributed by atoms with Crippen LogP contribution in [0.15, 0.2) is 36.9 Å². The zero-order valence-corrected chi connectivity index (χ0v) is 14.2. The molecular formula is C18H28N2O3. The second-order valence-electron chi connectivity index (χ2n) is 6.13. The Balaban J connectivity index is 2.68. The van der Waals surface area contributed by atoms with Crippen LogP contribution in [0, 0.1) is 16.0 Å². The molecule has 0 aliphatic carbocycles. The molecule has 0 bridgehead atoms. The van der Waals surface area contributed by atoms with Crippen molar-refractivity contribution in [2.75, 3.05) is 6.61 Å². The minimum Gasteiger partial charge on any atom is -0.321 e. The Bertz CT molecular complexity index is 515. The molecule has 0 aliphatic rings.